The molecule has 0 fully saturated rings. The van der Waals surface area contributed by atoms with Gasteiger partial charge in [-0.05, 0) is 34.5 Å². The van der Waals surface area contributed by atoms with Crippen molar-refractivity contribution in [2.24, 2.45) is 0 Å². The molecule has 0 aliphatic carbocycles. The van der Waals surface area contributed by atoms with E-state index in [1.807, 2.05) is 16.8 Å². The number of para-hydroxylation sites is 1. The highest BCUT2D eigenvalue weighted by atomic mass is 32.1. The van der Waals surface area contributed by atoms with Gasteiger partial charge in [-0.25, -0.2) is 4.79 Å². The van der Waals surface area contributed by atoms with Crippen molar-refractivity contribution < 1.29 is 18.0 Å². The van der Waals surface area contributed by atoms with Crippen molar-refractivity contribution in [2.75, 3.05) is 5.32 Å². The summed E-state index contributed by atoms with van der Waals surface area (Å²) in [4.78, 5) is 11.6. The molecule has 20 heavy (non-hydrogen) atoms. The summed E-state index contributed by atoms with van der Waals surface area (Å²) >= 11 is 1.48. The van der Waals surface area contributed by atoms with Gasteiger partial charge in [0.1, 0.15) is 0 Å². The molecular weight excluding hydrogens is 289 g/mol. The standard InChI is InChI=1S/C13H11F3N2OS/c14-13(15,16)10-3-1-2-4-11(10)18-12(19)17-7-9-5-6-20-8-9/h1-6,8H,7H2,(H2,17,18,19). The summed E-state index contributed by atoms with van der Waals surface area (Å²) in [6, 6.07) is 6.00. The Labute approximate surface area is 117 Å². The summed E-state index contributed by atoms with van der Waals surface area (Å²) in [7, 11) is 0. The molecule has 0 spiro atoms. The van der Waals surface area contributed by atoms with Gasteiger partial charge in [0.15, 0.2) is 0 Å². The lowest BCUT2D eigenvalue weighted by Gasteiger charge is -2.13. The van der Waals surface area contributed by atoms with Gasteiger partial charge in [0, 0.05) is 6.54 Å². The monoisotopic (exact) mass is 300 g/mol. The van der Waals surface area contributed by atoms with Gasteiger partial charge in [0.2, 0.25) is 0 Å². The van der Waals surface area contributed by atoms with Gasteiger partial charge >= 0.3 is 12.2 Å². The molecule has 1 aromatic carbocycles. The van der Waals surface area contributed by atoms with Crippen LogP contribution in [0.1, 0.15) is 11.1 Å². The molecular formula is C13H11F3N2OS. The SMILES string of the molecule is O=C(NCc1ccsc1)Nc1ccccc1C(F)(F)F. The second-order valence-corrected chi connectivity index (χ2v) is 4.76. The van der Waals surface area contributed by atoms with Gasteiger partial charge in [0.05, 0.1) is 11.3 Å². The number of benzene rings is 1. The molecule has 7 heteroatoms. The van der Waals surface area contributed by atoms with Gasteiger partial charge < -0.3 is 10.6 Å². The third-order valence-corrected chi connectivity index (χ3v) is 3.25. The molecule has 0 saturated carbocycles. The molecule has 2 N–H and O–H groups in total. The first kappa shape index (κ1) is 14.4. The Balaban J connectivity index is 2.01. The van der Waals surface area contributed by atoms with Crippen LogP contribution in [-0.2, 0) is 12.7 Å². The third kappa shape index (κ3) is 3.74. The second-order valence-electron chi connectivity index (χ2n) is 3.98. The molecule has 0 aliphatic heterocycles. The molecule has 1 heterocycles. The summed E-state index contributed by atoms with van der Waals surface area (Å²) in [6.07, 6.45) is -4.50. The zero-order valence-corrected chi connectivity index (χ0v) is 11.0. The summed E-state index contributed by atoms with van der Waals surface area (Å²) in [5.74, 6) is 0. The number of anilines is 1. The van der Waals surface area contributed by atoms with Crippen LogP contribution >= 0.6 is 11.3 Å². The van der Waals surface area contributed by atoms with Gasteiger partial charge in [-0.2, -0.15) is 24.5 Å². The lowest BCUT2D eigenvalue weighted by Crippen LogP contribution is -2.29. The maximum absolute atomic E-state index is 12.7. The van der Waals surface area contributed by atoms with Crippen molar-refractivity contribution in [3.8, 4) is 0 Å². The summed E-state index contributed by atoms with van der Waals surface area (Å²) in [5, 5.41) is 8.42. The number of nitrogens with one attached hydrogen (secondary N) is 2. The number of rotatable bonds is 3. The number of halogens is 3. The fourth-order valence-corrected chi connectivity index (χ4v) is 2.25. The average Bonchev–Trinajstić information content (AvgIpc) is 2.89. The lowest BCUT2D eigenvalue weighted by molar-refractivity contribution is -0.136. The minimum atomic E-state index is -4.50. The maximum Gasteiger partial charge on any atom is 0.418 e. The van der Waals surface area contributed by atoms with E-state index in [1.165, 1.54) is 29.5 Å². The molecule has 2 rings (SSSR count). The Morgan fingerprint density at radius 1 is 1.20 bits per heavy atom. The molecule has 0 aliphatic rings. The maximum atomic E-state index is 12.7. The summed E-state index contributed by atoms with van der Waals surface area (Å²) in [6.45, 7) is 0.267. The zero-order chi connectivity index (χ0) is 14.6. The molecule has 0 saturated heterocycles. The van der Waals surface area contributed by atoms with E-state index in [0.717, 1.165) is 11.6 Å². The molecule has 1 aromatic heterocycles. The third-order valence-electron chi connectivity index (χ3n) is 2.51. The first-order valence-electron chi connectivity index (χ1n) is 5.69. The van der Waals surface area contributed by atoms with Gasteiger partial charge in [-0.3, -0.25) is 0 Å². The molecule has 3 nitrogen and oxygen atoms in total. The first-order valence-corrected chi connectivity index (χ1v) is 6.63. The highest BCUT2D eigenvalue weighted by molar-refractivity contribution is 7.07. The van der Waals surface area contributed by atoms with Crippen LogP contribution in [0, 0.1) is 0 Å². The number of hydrogen-bond donors (Lipinski definition) is 2. The zero-order valence-electron chi connectivity index (χ0n) is 10.2. The number of urea groups is 1. The largest absolute Gasteiger partial charge is 0.418 e. The smallest absolute Gasteiger partial charge is 0.334 e. The van der Waals surface area contributed by atoms with Crippen LogP contribution in [-0.4, -0.2) is 6.03 Å². The Morgan fingerprint density at radius 3 is 2.60 bits per heavy atom. The predicted octanol–water partition coefficient (Wildman–Crippen LogP) is 4.09. The number of alkyl halides is 3. The Morgan fingerprint density at radius 2 is 1.95 bits per heavy atom. The molecule has 0 unspecified atom stereocenters. The van der Waals surface area contributed by atoms with Crippen LogP contribution in [0.15, 0.2) is 41.1 Å². The van der Waals surface area contributed by atoms with Crippen molar-refractivity contribution in [1.82, 2.24) is 5.32 Å². The van der Waals surface area contributed by atoms with E-state index in [2.05, 4.69) is 10.6 Å². The normalized spacial score (nSPS) is 11.2. The summed E-state index contributed by atoms with van der Waals surface area (Å²) in [5.41, 5.74) is -0.234. The van der Waals surface area contributed by atoms with Crippen molar-refractivity contribution in [1.29, 1.82) is 0 Å². The molecule has 0 atom stereocenters. The number of carbonyl (C=O) groups excluding carboxylic acids is 1. The van der Waals surface area contributed by atoms with E-state index in [-0.39, 0.29) is 12.2 Å². The van der Waals surface area contributed by atoms with Crippen molar-refractivity contribution in [3.63, 3.8) is 0 Å². The molecule has 2 amide bonds. The Bertz CT molecular complexity index is 582. The van der Waals surface area contributed by atoms with Crippen LogP contribution in [0.25, 0.3) is 0 Å². The predicted molar refractivity (Wildman–Crippen MR) is 71.6 cm³/mol. The topological polar surface area (TPSA) is 41.1 Å². The molecule has 0 bridgehead atoms. The highest BCUT2D eigenvalue weighted by Crippen LogP contribution is 2.34. The molecule has 106 valence electrons. The minimum Gasteiger partial charge on any atom is -0.334 e. The van der Waals surface area contributed by atoms with Gasteiger partial charge in [-0.1, -0.05) is 12.1 Å². The van der Waals surface area contributed by atoms with E-state index in [9.17, 15) is 18.0 Å². The van der Waals surface area contributed by atoms with Crippen molar-refractivity contribution >= 4 is 23.1 Å². The number of amides is 2. The second kappa shape index (κ2) is 5.96. The number of carbonyl (C=O) groups is 1. The van der Waals surface area contributed by atoms with Gasteiger partial charge in [-0.15, -0.1) is 0 Å². The lowest BCUT2D eigenvalue weighted by atomic mass is 10.1. The highest BCUT2D eigenvalue weighted by Gasteiger charge is 2.33. The van der Waals surface area contributed by atoms with Crippen LogP contribution in [0.2, 0.25) is 0 Å². The fraction of sp³-hybridized carbons (Fsp3) is 0.154. The van der Waals surface area contributed by atoms with E-state index in [0.29, 0.717) is 0 Å². The van der Waals surface area contributed by atoms with Crippen LogP contribution in [0.3, 0.4) is 0 Å². The van der Waals surface area contributed by atoms with E-state index >= 15 is 0 Å². The van der Waals surface area contributed by atoms with Gasteiger partial charge in [0.25, 0.3) is 0 Å². The quantitative estimate of drug-likeness (QED) is 0.880. The molecule has 0 radical (unpaired) electrons. The molecule has 2 aromatic rings. The van der Waals surface area contributed by atoms with E-state index in [1.54, 1.807) is 0 Å². The van der Waals surface area contributed by atoms with Crippen LogP contribution < -0.4 is 10.6 Å². The Hall–Kier alpha value is -2.02. The Kier molecular flexibility index (Phi) is 4.29. The van der Waals surface area contributed by atoms with Crippen molar-refractivity contribution in [3.05, 3.63) is 52.2 Å². The first-order chi connectivity index (χ1) is 9.47. The van der Waals surface area contributed by atoms with Crippen molar-refractivity contribution in [2.45, 2.75) is 12.7 Å². The minimum absolute atomic E-state index is 0.261. The van der Waals surface area contributed by atoms with Crippen LogP contribution in [0.4, 0.5) is 23.7 Å². The van der Waals surface area contributed by atoms with E-state index in [4.69, 9.17) is 0 Å². The van der Waals surface area contributed by atoms with Crippen LogP contribution in [0.5, 0.6) is 0 Å². The number of hydrogen-bond acceptors (Lipinski definition) is 2. The number of thiophene rings is 1. The summed E-state index contributed by atoms with van der Waals surface area (Å²) < 4.78 is 38.2. The van der Waals surface area contributed by atoms with E-state index < -0.39 is 17.8 Å². The fourth-order valence-electron chi connectivity index (χ4n) is 1.58. The average molecular weight is 300 g/mol.